The molecule has 0 amide bonds. The second-order valence-corrected chi connectivity index (χ2v) is 4.29. The van der Waals surface area contributed by atoms with Crippen molar-refractivity contribution in [1.29, 1.82) is 0 Å². The van der Waals surface area contributed by atoms with Gasteiger partial charge in [-0.25, -0.2) is 4.98 Å². The summed E-state index contributed by atoms with van der Waals surface area (Å²) in [6.07, 6.45) is 1.79. The number of nitrogens with one attached hydrogen (secondary N) is 1. The highest BCUT2D eigenvalue weighted by atomic mass is 16.5. The molecule has 2 aromatic rings. The molecule has 1 aromatic carbocycles. The number of aromatic nitrogens is 1. The minimum Gasteiger partial charge on any atom is -0.495 e. The minimum absolute atomic E-state index is 0.768. The smallest absolute Gasteiger partial charge is 0.142 e. The van der Waals surface area contributed by atoms with Gasteiger partial charge in [-0.3, -0.25) is 0 Å². The third-order valence-corrected chi connectivity index (χ3v) is 3.03. The summed E-state index contributed by atoms with van der Waals surface area (Å²) in [7, 11) is 5.62. The van der Waals surface area contributed by atoms with E-state index in [9.17, 15) is 0 Å². The Morgan fingerprint density at radius 2 is 2.00 bits per heavy atom. The molecule has 19 heavy (non-hydrogen) atoms. The van der Waals surface area contributed by atoms with Crippen molar-refractivity contribution in [3.05, 3.63) is 48.2 Å². The van der Waals surface area contributed by atoms with Crippen LogP contribution in [0.1, 0.15) is 5.56 Å². The molecule has 0 aliphatic rings. The quantitative estimate of drug-likeness (QED) is 0.893. The van der Waals surface area contributed by atoms with Gasteiger partial charge in [-0.1, -0.05) is 18.2 Å². The number of ether oxygens (including phenoxy) is 1. The lowest BCUT2D eigenvalue weighted by molar-refractivity contribution is 0.415. The molecule has 0 spiro atoms. The summed E-state index contributed by atoms with van der Waals surface area (Å²) in [4.78, 5) is 6.47. The van der Waals surface area contributed by atoms with E-state index >= 15 is 0 Å². The van der Waals surface area contributed by atoms with Crippen LogP contribution in [-0.2, 0) is 6.54 Å². The Morgan fingerprint density at radius 3 is 2.74 bits per heavy atom. The lowest BCUT2D eigenvalue weighted by Gasteiger charge is -2.22. The summed E-state index contributed by atoms with van der Waals surface area (Å²) >= 11 is 0. The van der Waals surface area contributed by atoms with Crippen LogP contribution in [0, 0.1) is 0 Å². The fourth-order valence-corrected chi connectivity index (χ4v) is 2.08. The zero-order valence-electron chi connectivity index (χ0n) is 11.6. The van der Waals surface area contributed by atoms with Gasteiger partial charge in [0.2, 0.25) is 0 Å². The molecule has 4 nitrogen and oxygen atoms in total. The van der Waals surface area contributed by atoms with Crippen molar-refractivity contribution in [2.45, 2.75) is 6.54 Å². The first kappa shape index (κ1) is 13.2. The van der Waals surface area contributed by atoms with E-state index in [0.29, 0.717) is 0 Å². The number of benzene rings is 1. The summed E-state index contributed by atoms with van der Waals surface area (Å²) in [5.74, 6) is 1.78. The summed E-state index contributed by atoms with van der Waals surface area (Å²) in [5.41, 5.74) is 2.22. The zero-order valence-corrected chi connectivity index (χ0v) is 11.6. The van der Waals surface area contributed by atoms with Crippen LogP contribution >= 0.6 is 0 Å². The normalized spacial score (nSPS) is 10.1. The Bertz CT molecular complexity index is 542. The Hall–Kier alpha value is -2.23. The third kappa shape index (κ3) is 2.96. The van der Waals surface area contributed by atoms with E-state index in [1.165, 1.54) is 0 Å². The molecular weight excluding hydrogens is 238 g/mol. The predicted octanol–water partition coefficient (Wildman–Crippen LogP) is 2.77. The second-order valence-electron chi connectivity index (χ2n) is 4.29. The number of methoxy groups -OCH3 is 1. The Kier molecular flexibility index (Phi) is 4.23. The van der Waals surface area contributed by atoms with Crippen molar-refractivity contribution in [2.24, 2.45) is 0 Å². The third-order valence-electron chi connectivity index (χ3n) is 3.03. The average molecular weight is 257 g/mol. The first-order valence-electron chi connectivity index (χ1n) is 6.22. The number of hydrogen-bond donors (Lipinski definition) is 1. The van der Waals surface area contributed by atoms with Crippen LogP contribution in [-0.4, -0.2) is 26.2 Å². The van der Waals surface area contributed by atoms with Gasteiger partial charge in [0.05, 0.1) is 12.8 Å². The molecule has 4 heteroatoms. The number of rotatable bonds is 5. The first-order chi connectivity index (χ1) is 9.26. The summed E-state index contributed by atoms with van der Waals surface area (Å²) in [5, 5.41) is 3.11. The van der Waals surface area contributed by atoms with E-state index in [-0.39, 0.29) is 0 Å². The molecule has 100 valence electrons. The number of anilines is 2. The van der Waals surface area contributed by atoms with Crippen LogP contribution in [0.25, 0.3) is 0 Å². The Labute approximate surface area is 114 Å². The molecule has 1 N–H and O–H groups in total. The topological polar surface area (TPSA) is 37.4 Å². The largest absolute Gasteiger partial charge is 0.495 e. The molecule has 0 unspecified atom stereocenters. The molecule has 0 bridgehead atoms. The molecule has 0 saturated heterocycles. The number of hydrogen-bond acceptors (Lipinski definition) is 4. The van der Waals surface area contributed by atoms with Crippen LogP contribution in [0.3, 0.4) is 0 Å². The summed E-state index contributed by atoms with van der Waals surface area (Å²) < 4.78 is 5.39. The lowest BCUT2D eigenvalue weighted by Crippen LogP contribution is -2.18. The molecule has 0 aliphatic carbocycles. The van der Waals surface area contributed by atoms with Crippen LogP contribution in [0.2, 0.25) is 0 Å². The van der Waals surface area contributed by atoms with E-state index in [2.05, 4.69) is 21.3 Å². The van der Waals surface area contributed by atoms with E-state index in [0.717, 1.165) is 29.4 Å². The van der Waals surface area contributed by atoms with Gasteiger partial charge in [-0.05, 0) is 18.2 Å². The maximum atomic E-state index is 5.39. The van der Waals surface area contributed by atoms with Crippen LogP contribution in [0.5, 0.6) is 5.75 Å². The number of para-hydroxylation sites is 2. The van der Waals surface area contributed by atoms with Gasteiger partial charge in [0.25, 0.3) is 0 Å². The maximum Gasteiger partial charge on any atom is 0.142 e. The molecule has 0 radical (unpaired) electrons. The molecule has 0 fully saturated rings. The van der Waals surface area contributed by atoms with Gasteiger partial charge in [-0.2, -0.15) is 0 Å². The fraction of sp³-hybridized carbons (Fsp3) is 0.267. The molecular formula is C15H19N3O. The highest BCUT2D eigenvalue weighted by Gasteiger charge is 2.10. The first-order valence-corrected chi connectivity index (χ1v) is 6.22. The molecule has 0 atom stereocenters. The highest BCUT2D eigenvalue weighted by molar-refractivity contribution is 5.59. The van der Waals surface area contributed by atoms with Crippen molar-refractivity contribution in [3.63, 3.8) is 0 Å². The van der Waals surface area contributed by atoms with E-state index in [4.69, 9.17) is 4.74 Å². The van der Waals surface area contributed by atoms with Crippen molar-refractivity contribution in [1.82, 2.24) is 4.98 Å². The van der Waals surface area contributed by atoms with Gasteiger partial charge in [0, 0.05) is 32.4 Å². The maximum absolute atomic E-state index is 5.39. The van der Waals surface area contributed by atoms with Crippen molar-refractivity contribution >= 4 is 11.5 Å². The van der Waals surface area contributed by atoms with Crippen LogP contribution < -0.4 is 15.0 Å². The van der Waals surface area contributed by atoms with Crippen molar-refractivity contribution in [3.8, 4) is 5.75 Å². The van der Waals surface area contributed by atoms with E-state index in [1.807, 2.05) is 44.4 Å². The average Bonchev–Trinajstić information content (AvgIpc) is 2.47. The monoisotopic (exact) mass is 257 g/mol. The SMILES string of the molecule is CNc1ncccc1CN(C)c1ccccc1OC. The second kappa shape index (κ2) is 6.09. The number of pyridine rings is 1. The Morgan fingerprint density at radius 1 is 1.21 bits per heavy atom. The Balaban J connectivity index is 2.23. The predicted molar refractivity (Wildman–Crippen MR) is 78.9 cm³/mol. The number of nitrogens with zero attached hydrogens (tertiary/aromatic N) is 2. The van der Waals surface area contributed by atoms with Crippen molar-refractivity contribution in [2.75, 3.05) is 31.4 Å². The van der Waals surface area contributed by atoms with Gasteiger partial charge < -0.3 is 15.0 Å². The highest BCUT2D eigenvalue weighted by Crippen LogP contribution is 2.28. The molecule has 0 aliphatic heterocycles. The van der Waals surface area contributed by atoms with Crippen LogP contribution in [0.15, 0.2) is 42.6 Å². The fourth-order valence-electron chi connectivity index (χ4n) is 2.08. The minimum atomic E-state index is 0.768. The van der Waals surface area contributed by atoms with Gasteiger partial charge in [-0.15, -0.1) is 0 Å². The molecule has 2 rings (SSSR count). The summed E-state index contributed by atoms with van der Waals surface area (Å²) in [6, 6.07) is 12.0. The standard InChI is InChI=1S/C15H19N3O/c1-16-15-12(7-6-10-17-15)11-18(2)13-8-4-5-9-14(13)19-3/h4-10H,11H2,1-3H3,(H,16,17). The lowest BCUT2D eigenvalue weighted by atomic mass is 10.2. The zero-order chi connectivity index (χ0) is 13.7. The van der Waals surface area contributed by atoms with E-state index < -0.39 is 0 Å². The van der Waals surface area contributed by atoms with Crippen molar-refractivity contribution < 1.29 is 4.74 Å². The van der Waals surface area contributed by atoms with E-state index in [1.54, 1.807) is 13.3 Å². The molecule has 1 aromatic heterocycles. The van der Waals surface area contributed by atoms with Gasteiger partial charge in [0.1, 0.15) is 11.6 Å². The molecule has 1 heterocycles. The van der Waals surface area contributed by atoms with Crippen LogP contribution in [0.4, 0.5) is 11.5 Å². The molecule has 0 saturated carbocycles. The summed E-state index contributed by atoms with van der Waals surface area (Å²) in [6.45, 7) is 0.768. The van der Waals surface area contributed by atoms with Gasteiger partial charge in [0.15, 0.2) is 0 Å². The van der Waals surface area contributed by atoms with Gasteiger partial charge >= 0.3 is 0 Å².